The van der Waals surface area contributed by atoms with E-state index >= 15 is 0 Å². The van der Waals surface area contributed by atoms with Crippen molar-refractivity contribution >= 4 is 5.97 Å². The van der Waals surface area contributed by atoms with Gasteiger partial charge < -0.3 is 9.84 Å². The molecule has 0 radical (unpaired) electrons. The first kappa shape index (κ1) is 16.5. The van der Waals surface area contributed by atoms with Crippen LogP contribution in [0.2, 0.25) is 0 Å². The fourth-order valence-electron chi connectivity index (χ4n) is 3.07. The van der Waals surface area contributed by atoms with Gasteiger partial charge in [0.2, 0.25) is 0 Å². The number of carbonyl (C=O) groups is 1. The van der Waals surface area contributed by atoms with Gasteiger partial charge in [0.15, 0.2) is 0 Å². The second-order valence-electron chi connectivity index (χ2n) is 6.35. The fraction of sp³-hybridized carbons (Fsp3) is 0.938. The molecule has 0 amide bonds. The first-order valence-corrected chi connectivity index (χ1v) is 7.87. The summed E-state index contributed by atoms with van der Waals surface area (Å²) in [5, 5.41) is 9.59. The highest BCUT2D eigenvalue weighted by molar-refractivity contribution is 5.71. The van der Waals surface area contributed by atoms with Crippen LogP contribution in [0.3, 0.4) is 0 Å². The van der Waals surface area contributed by atoms with E-state index in [-0.39, 0.29) is 18.0 Å². The van der Waals surface area contributed by atoms with Crippen LogP contribution in [0.5, 0.6) is 0 Å². The van der Waals surface area contributed by atoms with E-state index in [4.69, 9.17) is 4.74 Å². The van der Waals surface area contributed by atoms with Crippen molar-refractivity contribution in [2.45, 2.75) is 71.8 Å². The van der Waals surface area contributed by atoms with Crippen LogP contribution in [0.25, 0.3) is 0 Å². The third-order valence-electron chi connectivity index (χ3n) is 4.16. The highest BCUT2D eigenvalue weighted by Gasteiger charge is 2.23. The molecule has 4 atom stereocenters. The zero-order valence-corrected chi connectivity index (χ0v) is 12.7. The summed E-state index contributed by atoms with van der Waals surface area (Å²) in [4.78, 5) is 11.9. The summed E-state index contributed by atoms with van der Waals surface area (Å²) in [6, 6.07) is 0. The average Bonchev–Trinajstić information content (AvgIpc) is 2.36. The Morgan fingerprint density at radius 1 is 1.37 bits per heavy atom. The molecule has 1 aliphatic rings. The number of carbonyl (C=O) groups excluding carboxylic acids is 1. The van der Waals surface area contributed by atoms with Gasteiger partial charge >= 0.3 is 5.97 Å². The quantitative estimate of drug-likeness (QED) is 0.720. The van der Waals surface area contributed by atoms with Gasteiger partial charge in [-0.05, 0) is 37.5 Å². The number of hydrogen-bond acceptors (Lipinski definition) is 3. The third-order valence-corrected chi connectivity index (χ3v) is 4.16. The van der Waals surface area contributed by atoms with Crippen LogP contribution in [-0.4, -0.2) is 23.8 Å². The first-order chi connectivity index (χ1) is 9.02. The molecule has 0 aromatic carbocycles. The van der Waals surface area contributed by atoms with Crippen molar-refractivity contribution in [3.05, 3.63) is 0 Å². The molecule has 0 spiro atoms. The molecule has 0 heterocycles. The van der Waals surface area contributed by atoms with Crippen molar-refractivity contribution in [3.63, 3.8) is 0 Å². The minimum Gasteiger partial charge on any atom is -0.465 e. The lowest BCUT2D eigenvalue weighted by molar-refractivity contribution is -0.150. The Bertz CT molecular complexity index is 265. The van der Waals surface area contributed by atoms with Gasteiger partial charge in [-0.25, -0.2) is 0 Å². The first-order valence-electron chi connectivity index (χ1n) is 7.87. The number of esters is 1. The minimum absolute atomic E-state index is 0.00457. The van der Waals surface area contributed by atoms with Crippen molar-refractivity contribution in [2.24, 2.45) is 17.8 Å². The maximum absolute atomic E-state index is 11.9. The molecule has 4 unspecified atom stereocenters. The Balaban J connectivity index is 2.22. The molecule has 0 saturated heterocycles. The topological polar surface area (TPSA) is 46.5 Å². The van der Waals surface area contributed by atoms with E-state index in [0.29, 0.717) is 18.4 Å². The Labute approximate surface area is 117 Å². The molecule has 0 bridgehead atoms. The molecule has 112 valence electrons. The van der Waals surface area contributed by atoms with Crippen molar-refractivity contribution in [3.8, 4) is 0 Å². The molecule has 1 N–H and O–H groups in total. The molecule has 19 heavy (non-hydrogen) atoms. The lowest BCUT2D eigenvalue weighted by Crippen LogP contribution is -2.26. The van der Waals surface area contributed by atoms with Gasteiger partial charge in [0, 0.05) is 0 Å². The summed E-state index contributed by atoms with van der Waals surface area (Å²) in [6.45, 7) is 6.82. The average molecular weight is 270 g/mol. The van der Waals surface area contributed by atoms with Gasteiger partial charge in [0.05, 0.1) is 18.6 Å². The van der Waals surface area contributed by atoms with Crippen molar-refractivity contribution < 1.29 is 14.6 Å². The molecular formula is C16H30O3. The van der Waals surface area contributed by atoms with Gasteiger partial charge in [-0.2, -0.15) is 0 Å². The highest BCUT2D eigenvalue weighted by atomic mass is 16.5. The molecule has 3 nitrogen and oxygen atoms in total. The molecule has 1 rings (SSSR count). The fourth-order valence-corrected chi connectivity index (χ4v) is 3.07. The molecule has 0 aliphatic heterocycles. The predicted molar refractivity (Wildman–Crippen MR) is 76.8 cm³/mol. The standard InChI is InChI=1S/C16H30O3/c1-4-6-12(2)9-13(3)16(18)19-11-14-7-5-8-15(17)10-14/h12-15,17H,4-11H2,1-3H3. The van der Waals surface area contributed by atoms with Gasteiger partial charge in [-0.3, -0.25) is 4.79 Å². The number of ether oxygens (including phenoxy) is 1. The van der Waals surface area contributed by atoms with Gasteiger partial charge in [0.25, 0.3) is 0 Å². The molecule has 0 aromatic rings. The molecular weight excluding hydrogens is 240 g/mol. The van der Waals surface area contributed by atoms with Crippen LogP contribution < -0.4 is 0 Å². The Kier molecular flexibility index (Phi) is 7.44. The summed E-state index contributed by atoms with van der Waals surface area (Å²) in [7, 11) is 0. The Morgan fingerprint density at radius 3 is 2.74 bits per heavy atom. The monoisotopic (exact) mass is 270 g/mol. The second-order valence-corrected chi connectivity index (χ2v) is 6.35. The molecule has 1 fully saturated rings. The third kappa shape index (κ3) is 6.42. The minimum atomic E-state index is -0.195. The highest BCUT2D eigenvalue weighted by Crippen LogP contribution is 2.25. The molecule has 3 heteroatoms. The van der Waals surface area contributed by atoms with Crippen molar-refractivity contribution in [1.82, 2.24) is 0 Å². The second kappa shape index (κ2) is 8.57. The van der Waals surface area contributed by atoms with E-state index in [0.717, 1.165) is 32.1 Å². The SMILES string of the molecule is CCCC(C)CC(C)C(=O)OCC1CCCC(O)C1. The van der Waals surface area contributed by atoms with Crippen LogP contribution in [0.1, 0.15) is 65.7 Å². The van der Waals surface area contributed by atoms with E-state index in [1.165, 1.54) is 12.8 Å². The summed E-state index contributed by atoms with van der Waals surface area (Å²) in [6.07, 6.45) is 6.87. The number of aliphatic hydroxyl groups is 1. The van der Waals surface area contributed by atoms with E-state index in [1.807, 2.05) is 6.92 Å². The zero-order valence-electron chi connectivity index (χ0n) is 12.7. The van der Waals surface area contributed by atoms with E-state index in [9.17, 15) is 9.90 Å². The molecule has 1 aliphatic carbocycles. The van der Waals surface area contributed by atoms with Gasteiger partial charge in [0.1, 0.15) is 0 Å². The maximum atomic E-state index is 11.9. The number of rotatable bonds is 7. The Hall–Kier alpha value is -0.570. The molecule has 1 saturated carbocycles. The predicted octanol–water partition coefficient (Wildman–Crippen LogP) is 3.54. The lowest BCUT2D eigenvalue weighted by atomic mass is 9.88. The smallest absolute Gasteiger partial charge is 0.308 e. The molecule has 0 aromatic heterocycles. The number of aliphatic hydroxyl groups excluding tert-OH is 1. The number of hydrogen-bond donors (Lipinski definition) is 1. The lowest BCUT2D eigenvalue weighted by Gasteiger charge is -2.26. The van der Waals surface area contributed by atoms with Gasteiger partial charge in [-0.1, -0.05) is 40.0 Å². The van der Waals surface area contributed by atoms with E-state index in [2.05, 4.69) is 13.8 Å². The summed E-state index contributed by atoms with van der Waals surface area (Å²) in [5.41, 5.74) is 0. The van der Waals surface area contributed by atoms with Crippen molar-refractivity contribution in [2.75, 3.05) is 6.61 Å². The summed E-state index contributed by atoms with van der Waals surface area (Å²) >= 11 is 0. The van der Waals surface area contributed by atoms with E-state index in [1.54, 1.807) is 0 Å². The van der Waals surface area contributed by atoms with Crippen LogP contribution in [-0.2, 0) is 9.53 Å². The Morgan fingerprint density at radius 2 is 2.11 bits per heavy atom. The zero-order chi connectivity index (χ0) is 14.3. The van der Waals surface area contributed by atoms with Crippen molar-refractivity contribution in [1.29, 1.82) is 0 Å². The largest absolute Gasteiger partial charge is 0.465 e. The van der Waals surface area contributed by atoms with Gasteiger partial charge in [-0.15, -0.1) is 0 Å². The van der Waals surface area contributed by atoms with Crippen LogP contribution in [0.15, 0.2) is 0 Å². The van der Waals surface area contributed by atoms with E-state index < -0.39 is 0 Å². The van der Waals surface area contributed by atoms with Crippen LogP contribution >= 0.6 is 0 Å². The summed E-state index contributed by atoms with van der Waals surface area (Å²) < 4.78 is 5.42. The summed E-state index contributed by atoms with van der Waals surface area (Å²) in [5.74, 6) is 0.870. The van der Waals surface area contributed by atoms with Crippen LogP contribution in [0.4, 0.5) is 0 Å². The normalized spacial score (nSPS) is 26.7. The maximum Gasteiger partial charge on any atom is 0.308 e. The van der Waals surface area contributed by atoms with Crippen LogP contribution in [0, 0.1) is 17.8 Å².